The van der Waals surface area contributed by atoms with Crippen molar-refractivity contribution in [3.63, 3.8) is 0 Å². The van der Waals surface area contributed by atoms with Gasteiger partial charge in [0.25, 0.3) is 0 Å². The first-order valence-electron chi connectivity index (χ1n) is 9.37. The second-order valence-corrected chi connectivity index (χ2v) is 7.02. The van der Waals surface area contributed by atoms with Crippen molar-refractivity contribution in [2.75, 3.05) is 20.2 Å². The van der Waals surface area contributed by atoms with E-state index in [1.807, 2.05) is 54.6 Å². The minimum absolute atomic E-state index is 0.0389. The Morgan fingerprint density at radius 3 is 2.48 bits per heavy atom. The zero-order valence-electron chi connectivity index (χ0n) is 16.2. The summed E-state index contributed by atoms with van der Waals surface area (Å²) in [6.07, 6.45) is 0. The molecule has 5 heteroatoms. The van der Waals surface area contributed by atoms with Crippen LogP contribution in [0.25, 0.3) is 0 Å². The summed E-state index contributed by atoms with van der Waals surface area (Å²) in [6, 6.07) is 17.6. The highest BCUT2D eigenvalue weighted by atomic mass is 16.5. The van der Waals surface area contributed by atoms with Gasteiger partial charge < -0.3 is 15.0 Å². The molecule has 142 valence electrons. The molecule has 1 aliphatic rings. The molecule has 3 rings (SSSR count). The molecule has 1 aliphatic heterocycles. The third-order valence-electron chi connectivity index (χ3n) is 4.77. The van der Waals surface area contributed by atoms with Crippen LogP contribution in [0.3, 0.4) is 0 Å². The van der Waals surface area contributed by atoms with Gasteiger partial charge in [0.1, 0.15) is 17.6 Å². The van der Waals surface area contributed by atoms with Gasteiger partial charge in [-0.3, -0.25) is 9.79 Å². The highest BCUT2D eigenvalue weighted by Crippen LogP contribution is 2.21. The summed E-state index contributed by atoms with van der Waals surface area (Å²) in [6.45, 7) is 6.15. The van der Waals surface area contributed by atoms with Crippen LogP contribution >= 0.6 is 0 Å². The van der Waals surface area contributed by atoms with Gasteiger partial charge in [0, 0.05) is 18.7 Å². The fourth-order valence-corrected chi connectivity index (χ4v) is 3.42. The fourth-order valence-electron chi connectivity index (χ4n) is 3.42. The van der Waals surface area contributed by atoms with E-state index in [1.165, 1.54) is 0 Å². The van der Waals surface area contributed by atoms with Crippen LogP contribution in [0.1, 0.15) is 25.0 Å². The zero-order valence-corrected chi connectivity index (χ0v) is 16.2. The lowest BCUT2D eigenvalue weighted by molar-refractivity contribution is -0.126. The average molecular weight is 365 g/mol. The first-order chi connectivity index (χ1) is 13.1. The van der Waals surface area contributed by atoms with Crippen LogP contribution in [0, 0.1) is 5.92 Å². The summed E-state index contributed by atoms with van der Waals surface area (Å²) in [5.74, 6) is 1.90. The number of nitrogens with one attached hydrogen (secondary N) is 1. The minimum Gasteiger partial charge on any atom is -0.497 e. The summed E-state index contributed by atoms with van der Waals surface area (Å²) in [5.41, 5.74) is 2.11. The molecule has 1 N–H and O–H groups in total. The van der Waals surface area contributed by atoms with Crippen molar-refractivity contribution in [2.24, 2.45) is 10.9 Å². The lowest BCUT2D eigenvalue weighted by Crippen LogP contribution is -2.51. The van der Waals surface area contributed by atoms with Crippen LogP contribution in [-0.4, -0.2) is 42.9 Å². The van der Waals surface area contributed by atoms with Crippen molar-refractivity contribution in [3.8, 4) is 5.75 Å². The second kappa shape index (κ2) is 8.71. The summed E-state index contributed by atoms with van der Waals surface area (Å²) in [4.78, 5) is 19.8. The number of methoxy groups -OCH3 is 1. The van der Waals surface area contributed by atoms with E-state index in [4.69, 9.17) is 4.74 Å². The Kier molecular flexibility index (Phi) is 6.12. The van der Waals surface area contributed by atoms with Crippen molar-refractivity contribution in [1.29, 1.82) is 0 Å². The molecule has 0 saturated carbocycles. The Morgan fingerprint density at radius 2 is 1.85 bits per heavy atom. The lowest BCUT2D eigenvalue weighted by atomic mass is 10.00. The Labute approximate surface area is 161 Å². The number of aliphatic imine (C=N–C) groups is 1. The molecule has 1 atom stereocenters. The van der Waals surface area contributed by atoms with E-state index in [0.717, 1.165) is 29.3 Å². The number of carbonyl (C=O) groups is 1. The molecule has 27 heavy (non-hydrogen) atoms. The van der Waals surface area contributed by atoms with Crippen molar-refractivity contribution in [3.05, 3.63) is 65.7 Å². The van der Waals surface area contributed by atoms with Crippen molar-refractivity contribution in [1.82, 2.24) is 10.2 Å². The largest absolute Gasteiger partial charge is 0.497 e. The number of ether oxygens (including phenoxy) is 1. The quantitative estimate of drug-likeness (QED) is 0.820. The fraction of sp³-hybridized carbons (Fsp3) is 0.364. The third kappa shape index (κ3) is 4.48. The van der Waals surface area contributed by atoms with E-state index in [-0.39, 0.29) is 17.9 Å². The molecule has 1 amide bonds. The molecule has 1 unspecified atom stereocenters. The average Bonchev–Trinajstić information content (AvgIpc) is 3.16. The van der Waals surface area contributed by atoms with Gasteiger partial charge in [-0.25, -0.2) is 0 Å². The molecule has 0 spiro atoms. The predicted molar refractivity (Wildman–Crippen MR) is 108 cm³/mol. The van der Waals surface area contributed by atoms with Crippen LogP contribution in [0.4, 0.5) is 0 Å². The van der Waals surface area contributed by atoms with Gasteiger partial charge in [-0.2, -0.15) is 0 Å². The summed E-state index contributed by atoms with van der Waals surface area (Å²) in [5, 5.41) is 3.09. The predicted octanol–water partition coefficient (Wildman–Crippen LogP) is 3.10. The third-order valence-corrected chi connectivity index (χ3v) is 4.77. The summed E-state index contributed by atoms with van der Waals surface area (Å²) >= 11 is 0. The lowest BCUT2D eigenvalue weighted by Gasteiger charge is -2.32. The van der Waals surface area contributed by atoms with E-state index in [2.05, 4.69) is 29.1 Å². The standard InChI is InChI=1S/C22H27N3O2/c1-16(2)20(22(26)24-15-17-7-5-4-6-8-17)25-14-13-23-21(25)18-9-11-19(27-3)12-10-18/h4-12,16,20H,13-15H2,1-3H3,(H,24,26). The van der Waals surface area contributed by atoms with Crippen molar-refractivity contribution < 1.29 is 9.53 Å². The summed E-state index contributed by atoms with van der Waals surface area (Å²) < 4.78 is 5.24. The molecule has 0 bridgehead atoms. The van der Waals surface area contributed by atoms with E-state index in [0.29, 0.717) is 13.1 Å². The SMILES string of the molecule is COc1ccc(C2=NCCN2C(C(=O)NCc2ccccc2)C(C)C)cc1. The molecule has 1 heterocycles. The number of nitrogens with zero attached hydrogens (tertiary/aromatic N) is 2. The molecule has 5 nitrogen and oxygen atoms in total. The second-order valence-electron chi connectivity index (χ2n) is 7.02. The Bertz CT molecular complexity index is 785. The van der Waals surface area contributed by atoms with Crippen molar-refractivity contribution in [2.45, 2.75) is 26.4 Å². The molecule has 2 aromatic carbocycles. The minimum atomic E-state index is -0.253. The normalized spacial score (nSPS) is 14.8. The van der Waals surface area contributed by atoms with Gasteiger partial charge in [0.2, 0.25) is 5.91 Å². The number of benzene rings is 2. The molecule has 2 aromatic rings. The number of hydrogen-bond donors (Lipinski definition) is 1. The van der Waals surface area contributed by atoms with Crippen molar-refractivity contribution >= 4 is 11.7 Å². The maximum absolute atomic E-state index is 13.0. The first-order valence-corrected chi connectivity index (χ1v) is 9.37. The Balaban J connectivity index is 1.74. The number of amides is 1. The molecular weight excluding hydrogens is 338 g/mol. The Hall–Kier alpha value is -2.82. The highest BCUT2D eigenvalue weighted by Gasteiger charge is 2.33. The monoisotopic (exact) mass is 365 g/mol. The van der Waals surface area contributed by atoms with Crippen LogP contribution in [0.2, 0.25) is 0 Å². The van der Waals surface area contributed by atoms with Gasteiger partial charge in [0.05, 0.1) is 13.7 Å². The highest BCUT2D eigenvalue weighted by molar-refractivity contribution is 6.02. The van der Waals surface area contributed by atoms with Gasteiger partial charge >= 0.3 is 0 Å². The smallest absolute Gasteiger partial charge is 0.243 e. The van der Waals surface area contributed by atoms with Crippen LogP contribution in [0.5, 0.6) is 5.75 Å². The molecule has 0 fully saturated rings. The van der Waals surface area contributed by atoms with E-state index in [1.54, 1.807) is 7.11 Å². The number of amidine groups is 1. The number of carbonyl (C=O) groups excluding carboxylic acids is 1. The molecule has 0 aliphatic carbocycles. The molecule has 0 saturated heterocycles. The zero-order chi connectivity index (χ0) is 19.2. The van der Waals surface area contributed by atoms with Gasteiger partial charge in [0.15, 0.2) is 0 Å². The topological polar surface area (TPSA) is 53.9 Å². The van der Waals surface area contributed by atoms with Gasteiger partial charge in [-0.1, -0.05) is 44.2 Å². The van der Waals surface area contributed by atoms with Crippen LogP contribution < -0.4 is 10.1 Å². The first kappa shape index (κ1) is 19.0. The van der Waals surface area contributed by atoms with Crippen LogP contribution in [0.15, 0.2) is 59.6 Å². The Morgan fingerprint density at radius 1 is 1.15 bits per heavy atom. The van der Waals surface area contributed by atoms with Gasteiger partial charge in [-0.15, -0.1) is 0 Å². The van der Waals surface area contributed by atoms with Gasteiger partial charge in [-0.05, 0) is 35.7 Å². The molecule has 0 radical (unpaired) electrons. The maximum atomic E-state index is 13.0. The van der Waals surface area contributed by atoms with E-state index >= 15 is 0 Å². The van der Waals surface area contributed by atoms with E-state index < -0.39 is 0 Å². The maximum Gasteiger partial charge on any atom is 0.243 e. The number of hydrogen-bond acceptors (Lipinski definition) is 4. The summed E-state index contributed by atoms with van der Waals surface area (Å²) in [7, 11) is 1.65. The van der Waals surface area contributed by atoms with Crippen LogP contribution in [-0.2, 0) is 11.3 Å². The molecular formula is C22H27N3O2. The van der Waals surface area contributed by atoms with E-state index in [9.17, 15) is 4.79 Å². The number of rotatable bonds is 7. The molecule has 0 aromatic heterocycles.